The summed E-state index contributed by atoms with van der Waals surface area (Å²) in [6.45, 7) is 4.52. The van der Waals surface area contributed by atoms with E-state index >= 15 is 4.79 Å². The van der Waals surface area contributed by atoms with Crippen LogP contribution in [0.1, 0.15) is 59.6 Å². The third-order valence-corrected chi connectivity index (χ3v) is 11.7. The van der Waals surface area contributed by atoms with Crippen LogP contribution in [0, 0.1) is 0 Å². The molecule has 324 valence electrons. The maximum Gasteiger partial charge on any atom is 0.407 e. The number of rotatable bonds is 18. The van der Waals surface area contributed by atoms with Crippen molar-refractivity contribution >= 4 is 28.8 Å². The molecule has 10 heteroatoms. The minimum atomic E-state index is -1.37. The van der Waals surface area contributed by atoms with Gasteiger partial charge in [-0.3, -0.25) is 14.6 Å². The molecule has 1 aliphatic rings. The third-order valence-electron chi connectivity index (χ3n) is 11.7. The third kappa shape index (κ3) is 9.44. The Bertz CT molecular complexity index is 2520. The maximum atomic E-state index is 15.3. The minimum absolute atomic E-state index is 0.0101. The van der Waals surface area contributed by atoms with Crippen LogP contribution >= 0.6 is 0 Å². The average molecular weight is 853 g/mol. The SMILES string of the molecule is CCOC(CN(Cc1cccc2cccnc12)C(=O)C(CC(=O)NC(c1ccccc1)(c1ccccc1)c1ccccc1)NC(=O)OCC1c2ccccc2-c2ccccc21)OCC. The zero-order chi connectivity index (χ0) is 44.3. The first-order valence-corrected chi connectivity index (χ1v) is 21.8. The van der Waals surface area contributed by atoms with Gasteiger partial charge in [0.1, 0.15) is 18.2 Å². The molecule has 0 radical (unpaired) electrons. The topological polar surface area (TPSA) is 119 Å². The van der Waals surface area contributed by atoms with Crippen LogP contribution in [-0.4, -0.2) is 66.5 Å². The molecule has 64 heavy (non-hydrogen) atoms. The highest BCUT2D eigenvalue weighted by molar-refractivity contribution is 5.92. The van der Waals surface area contributed by atoms with Crippen LogP contribution in [0.15, 0.2) is 176 Å². The van der Waals surface area contributed by atoms with Crippen LogP contribution in [0.5, 0.6) is 0 Å². The fourth-order valence-electron chi connectivity index (χ4n) is 8.87. The molecule has 7 aromatic rings. The summed E-state index contributed by atoms with van der Waals surface area (Å²) >= 11 is 0. The largest absolute Gasteiger partial charge is 0.449 e. The van der Waals surface area contributed by atoms with Gasteiger partial charge in [-0.2, -0.15) is 0 Å². The van der Waals surface area contributed by atoms with Gasteiger partial charge >= 0.3 is 6.09 Å². The van der Waals surface area contributed by atoms with Crippen molar-refractivity contribution < 1.29 is 28.6 Å². The highest BCUT2D eigenvalue weighted by atomic mass is 16.7. The number of hydrogen-bond acceptors (Lipinski definition) is 7. The Hall–Kier alpha value is -7.14. The van der Waals surface area contributed by atoms with Gasteiger partial charge in [0, 0.05) is 37.3 Å². The summed E-state index contributed by atoms with van der Waals surface area (Å²) in [5, 5.41) is 7.13. The van der Waals surface area contributed by atoms with E-state index in [0.29, 0.717) is 13.2 Å². The molecular weight excluding hydrogens is 801 g/mol. The van der Waals surface area contributed by atoms with E-state index in [9.17, 15) is 9.59 Å². The average Bonchev–Trinajstić information content (AvgIpc) is 3.66. The predicted octanol–water partition coefficient (Wildman–Crippen LogP) is 9.37. The van der Waals surface area contributed by atoms with Crippen molar-refractivity contribution in [3.8, 4) is 11.1 Å². The van der Waals surface area contributed by atoms with Crippen molar-refractivity contribution in [1.29, 1.82) is 0 Å². The van der Waals surface area contributed by atoms with Gasteiger partial charge in [-0.15, -0.1) is 0 Å². The van der Waals surface area contributed by atoms with Gasteiger partial charge in [0.15, 0.2) is 6.29 Å². The molecule has 1 aromatic heterocycles. The Morgan fingerprint density at radius 2 is 1.19 bits per heavy atom. The summed E-state index contributed by atoms with van der Waals surface area (Å²) in [6, 6.07) is 53.6. The fourth-order valence-corrected chi connectivity index (χ4v) is 8.87. The molecule has 2 N–H and O–H groups in total. The standard InChI is InChI=1S/C54H52N4O6/c1-3-62-50(63-4-2)36-58(35-39-21-18-20-38-22-19-33-55-51(38)39)52(60)48(56-53(61)64-37-47-45-31-16-14-29-43(45)44-30-15-17-32-46(44)47)34-49(59)57-54(40-23-8-5-9-24-40,41-25-10-6-11-26-41)42-27-12-7-13-28-42/h5-33,47-48,50H,3-4,34-37H2,1-2H3,(H,56,61)(H,57,59). The van der Waals surface area contributed by atoms with Crippen LogP contribution in [0.25, 0.3) is 22.0 Å². The predicted molar refractivity (Wildman–Crippen MR) is 248 cm³/mol. The number of aromatic nitrogens is 1. The number of fused-ring (bicyclic) bond motifs is 4. The van der Waals surface area contributed by atoms with E-state index in [1.807, 2.05) is 172 Å². The molecule has 1 heterocycles. The van der Waals surface area contributed by atoms with E-state index < -0.39 is 42.2 Å². The number of alkyl carbamates (subject to hydrolysis) is 1. The Kier molecular flexibility index (Phi) is 13.8. The van der Waals surface area contributed by atoms with E-state index in [0.717, 1.165) is 55.4 Å². The van der Waals surface area contributed by atoms with Gasteiger partial charge in [-0.1, -0.05) is 164 Å². The number of pyridine rings is 1. The Balaban J connectivity index is 1.15. The zero-order valence-corrected chi connectivity index (χ0v) is 36.1. The molecule has 0 saturated heterocycles. The molecule has 0 aliphatic heterocycles. The first kappa shape index (κ1) is 43.5. The molecule has 1 atom stereocenters. The van der Waals surface area contributed by atoms with Gasteiger partial charge in [-0.05, 0) is 64.4 Å². The summed E-state index contributed by atoms with van der Waals surface area (Å²) in [7, 11) is 0. The molecule has 10 nitrogen and oxygen atoms in total. The molecule has 1 aliphatic carbocycles. The number of carbonyl (C=O) groups is 3. The molecule has 0 bridgehead atoms. The van der Waals surface area contributed by atoms with Crippen molar-refractivity contribution in [2.45, 2.75) is 50.6 Å². The molecule has 0 spiro atoms. The number of hydrogen-bond donors (Lipinski definition) is 2. The number of amides is 3. The maximum absolute atomic E-state index is 15.3. The van der Waals surface area contributed by atoms with E-state index in [2.05, 4.69) is 27.8 Å². The number of nitrogens with zero attached hydrogens (tertiary/aromatic N) is 2. The van der Waals surface area contributed by atoms with Crippen molar-refractivity contribution in [3.63, 3.8) is 0 Å². The second kappa shape index (κ2) is 20.4. The van der Waals surface area contributed by atoms with Crippen LogP contribution in [0.3, 0.4) is 0 Å². The number of benzene rings is 6. The van der Waals surface area contributed by atoms with Crippen LogP contribution < -0.4 is 10.6 Å². The van der Waals surface area contributed by atoms with Crippen LogP contribution in [0.2, 0.25) is 0 Å². The first-order valence-electron chi connectivity index (χ1n) is 21.8. The van der Waals surface area contributed by atoms with Gasteiger partial charge in [0.05, 0.1) is 18.5 Å². The summed E-state index contributed by atoms with van der Waals surface area (Å²) < 4.78 is 18.0. The van der Waals surface area contributed by atoms with Gasteiger partial charge in [-0.25, -0.2) is 4.79 Å². The lowest BCUT2D eigenvalue weighted by Crippen LogP contribution is -2.54. The van der Waals surface area contributed by atoms with Crippen LogP contribution in [0.4, 0.5) is 4.79 Å². The number of carbonyl (C=O) groups excluding carboxylic acids is 3. The molecule has 0 saturated carbocycles. The first-order chi connectivity index (χ1) is 31.4. The van der Waals surface area contributed by atoms with Crippen molar-refractivity contribution in [3.05, 3.63) is 209 Å². The van der Waals surface area contributed by atoms with Gasteiger partial charge in [0.2, 0.25) is 11.8 Å². The number of nitrogens with one attached hydrogen (secondary N) is 2. The molecule has 0 fully saturated rings. The van der Waals surface area contributed by atoms with E-state index in [1.165, 1.54) is 0 Å². The van der Waals surface area contributed by atoms with Gasteiger partial charge in [0.25, 0.3) is 0 Å². The van der Waals surface area contributed by atoms with E-state index in [1.54, 1.807) is 11.1 Å². The lowest BCUT2D eigenvalue weighted by atomic mass is 9.77. The lowest BCUT2D eigenvalue weighted by molar-refractivity contribution is -0.161. The summed E-state index contributed by atoms with van der Waals surface area (Å²) in [6.07, 6.45) is -0.319. The summed E-state index contributed by atoms with van der Waals surface area (Å²) in [4.78, 5) is 50.7. The van der Waals surface area contributed by atoms with Crippen LogP contribution in [-0.2, 0) is 35.9 Å². The lowest BCUT2D eigenvalue weighted by Gasteiger charge is -2.37. The Labute approximate surface area is 374 Å². The quantitative estimate of drug-likeness (QED) is 0.0653. The smallest absolute Gasteiger partial charge is 0.407 e. The monoisotopic (exact) mass is 852 g/mol. The normalized spacial score (nSPS) is 12.6. The Morgan fingerprint density at radius 1 is 0.656 bits per heavy atom. The van der Waals surface area contributed by atoms with Crippen molar-refractivity contribution in [2.24, 2.45) is 0 Å². The fraction of sp³-hybridized carbons (Fsp3) is 0.222. The molecular formula is C54H52N4O6. The molecule has 3 amide bonds. The van der Waals surface area contributed by atoms with Gasteiger partial charge < -0.3 is 29.7 Å². The second-order valence-electron chi connectivity index (χ2n) is 15.7. The zero-order valence-electron chi connectivity index (χ0n) is 36.1. The molecule has 8 rings (SSSR count). The minimum Gasteiger partial charge on any atom is -0.449 e. The van der Waals surface area contributed by atoms with E-state index in [-0.39, 0.29) is 25.6 Å². The van der Waals surface area contributed by atoms with Crippen molar-refractivity contribution in [2.75, 3.05) is 26.4 Å². The number of para-hydroxylation sites is 1. The molecule has 1 unspecified atom stereocenters. The summed E-state index contributed by atoms with van der Waals surface area (Å²) in [5.74, 6) is -1.22. The molecule has 6 aromatic carbocycles. The second-order valence-corrected chi connectivity index (χ2v) is 15.7. The Morgan fingerprint density at radius 3 is 1.75 bits per heavy atom. The number of ether oxygens (including phenoxy) is 3. The summed E-state index contributed by atoms with van der Waals surface area (Å²) in [5.41, 5.74) is 7.06. The van der Waals surface area contributed by atoms with E-state index in [4.69, 9.17) is 14.2 Å². The van der Waals surface area contributed by atoms with Crippen molar-refractivity contribution in [1.82, 2.24) is 20.5 Å². The highest BCUT2D eigenvalue weighted by Crippen LogP contribution is 2.44. The highest BCUT2D eigenvalue weighted by Gasteiger charge is 2.40.